The van der Waals surface area contributed by atoms with Crippen molar-refractivity contribution in [3.05, 3.63) is 0 Å². The minimum Gasteiger partial charge on any atom is -0.390 e. The maximum absolute atomic E-state index is 9.48. The second-order valence-corrected chi connectivity index (χ2v) is 5.09. The first-order valence-electron chi connectivity index (χ1n) is 5.41. The zero-order valence-corrected chi connectivity index (χ0v) is 9.19. The van der Waals surface area contributed by atoms with Crippen molar-refractivity contribution >= 4 is 0 Å². The topological polar surface area (TPSA) is 32.3 Å². The highest BCUT2D eigenvalue weighted by Gasteiger charge is 2.39. The van der Waals surface area contributed by atoms with Crippen molar-refractivity contribution in [2.24, 2.45) is 5.41 Å². The fourth-order valence-electron chi connectivity index (χ4n) is 1.58. The second kappa shape index (κ2) is 3.97. The monoisotopic (exact) mass is 185 g/mol. The average Bonchev–Trinajstić information content (AvgIpc) is 2.78. The van der Waals surface area contributed by atoms with E-state index in [0.717, 1.165) is 19.5 Å². The lowest BCUT2D eigenvalue weighted by molar-refractivity contribution is 0.0708. The molecule has 0 heterocycles. The standard InChI is InChI=1S/C11H23NO/c1-4-11(5-6-11)9-12-8-7-10(2,3)13/h12-13H,4-9H2,1-3H3. The largest absolute Gasteiger partial charge is 0.390 e. The Hall–Kier alpha value is -0.0800. The van der Waals surface area contributed by atoms with Crippen LogP contribution in [0, 0.1) is 5.41 Å². The molecule has 0 unspecified atom stereocenters. The number of aliphatic hydroxyl groups is 1. The highest BCUT2D eigenvalue weighted by atomic mass is 16.3. The normalized spacial score (nSPS) is 20.3. The third kappa shape index (κ3) is 4.10. The van der Waals surface area contributed by atoms with Gasteiger partial charge in [0.1, 0.15) is 0 Å². The van der Waals surface area contributed by atoms with Crippen LogP contribution in [0.1, 0.15) is 46.5 Å². The minimum absolute atomic E-state index is 0.518. The van der Waals surface area contributed by atoms with Crippen LogP contribution in [0.15, 0.2) is 0 Å². The second-order valence-electron chi connectivity index (χ2n) is 5.09. The third-order valence-corrected chi connectivity index (χ3v) is 3.12. The van der Waals surface area contributed by atoms with Gasteiger partial charge in [0.15, 0.2) is 0 Å². The van der Waals surface area contributed by atoms with Gasteiger partial charge >= 0.3 is 0 Å². The van der Waals surface area contributed by atoms with Crippen LogP contribution in [-0.4, -0.2) is 23.8 Å². The lowest BCUT2D eigenvalue weighted by Crippen LogP contribution is -2.30. The van der Waals surface area contributed by atoms with E-state index in [0.29, 0.717) is 5.41 Å². The molecule has 0 aromatic heterocycles. The van der Waals surface area contributed by atoms with Crippen LogP contribution in [-0.2, 0) is 0 Å². The molecule has 1 aliphatic carbocycles. The van der Waals surface area contributed by atoms with Crippen molar-refractivity contribution in [1.29, 1.82) is 0 Å². The zero-order chi connectivity index (χ0) is 9.95. The maximum Gasteiger partial charge on any atom is 0.0603 e. The van der Waals surface area contributed by atoms with E-state index in [4.69, 9.17) is 0 Å². The van der Waals surface area contributed by atoms with Gasteiger partial charge in [0.2, 0.25) is 0 Å². The van der Waals surface area contributed by atoms with Crippen molar-refractivity contribution in [2.75, 3.05) is 13.1 Å². The minimum atomic E-state index is -0.518. The summed E-state index contributed by atoms with van der Waals surface area (Å²) < 4.78 is 0. The van der Waals surface area contributed by atoms with Crippen molar-refractivity contribution < 1.29 is 5.11 Å². The smallest absolute Gasteiger partial charge is 0.0603 e. The van der Waals surface area contributed by atoms with Gasteiger partial charge in [-0.3, -0.25) is 0 Å². The highest BCUT2D eigenvalue weighted by molar-refractivity contribution is 4.93. The zero-order valence-electron chi connectivity index (χ0n) is 9.19. The molecule has 1 rings (SSSR count). The molecular formula is C11H23NO. The Kier molecular flexibility index (Phi) is 3.36. The number of hydrogen-bond acceptors (Lipinski definition) is 2. The highest BCUT2D eigenvalue weighted by Crippen LogP contribution is 2.47. The van der Waals surface area contributed by atoms with E-state index in [1.807, 2.05) is 13.8 Å². The summed E-state index contributed by atoms with van der Waals surface area (Å²) in [5, 5.41) is 12.9. The summed E-state index contributed by atoms with van der Waals surface area (Å²) in [6.07, 6.45) is 4.91. The predicted octanol–water partition coefficient (Wildman–Crippen LogP) is 1.93. The molecule has 1 saturated carbocycles. The molecule has 0 amide bonds. The van der Waals surface area contributed by atoms with E-state index in [1.165, 1.54) is 19.3 Å². The number of rotatable bonds is 6. The lowest BCUT2D eigenvalue weighted by Gasteiger charge is -2.19. The van der Waals surface area contributed by atoms with E-state index in [9.17, 15) is 5.11 Å². The van der Waals surface area contributed by atoms with Crippen LogP contribution in [0.5, 0.6) is 0 Å². The van der Waals surface area contributed by atoms with Crippen LogP contribution >= 0.6 is 0 Å². The third-order valence-electron chi connectivity index (χ3n) is 3.12. The molecular weight excluding hydrogens is 162 g/mol. The van der Waals surface area contributed by atoms with Gasteiger partial charge in [-0.25, -0.2) is 0 Å². The summed E-state index contributed by atoms with van der Waals surface area (Å²) in [4.78, 5) is 0. The quantitative estimate of drug-likeness (QED) is 0.620. The molecule has 0 atom stereocenters. The molecule has 2 heteroatoms. The summed E-state index contributed by atoms with van der Waals surface area (Å²) in [5.41, 5.74) is 0.107. The van der Waals surface area contributed by atoms with Gasteiger partial charge in [-0.1, -0.05) is 6.92 Å². The van der Waals surface area contributed by atoms with Gasteiger partial charge in [-0.05, 0) is 51.5 Å². The van der Waals surface area contributed by atoms with Crippen molar-refractivity contribution in [2.45, 2.75) is 52.1 Å². The van der Waals surface area contributed by atoms with Crippen molar-refractivity contribution in [3.63, 3.8) is 0 Å². The maximum atomic E-state index is 9.48. The molecule has 0 radical (unpaired) electrons. The van der Waals surface area contributed by atoms with Gasteiger partial charge in [0.05, 0.1) is 5.60 Å². The molecule has 0 aliphatic heterocycles. The van der Waals surface area contributed by atoms with Crippen molar-refractivity contribution in [1.82, 2.24) is 5.32 Å². The van der Waals surface area contributed by atoms with E-state index >= 15 is 0 Å². The molecule has 0 spiro atoms. The summed E-state index contributed by atoms with van der Waals surface area (Å²) in [6, 6.07) is 0. The SMILES string of the molecule is CCC1(CNCCC(C)(C)O)CC1. The molecule has 0 aromatic carbocycles. The van der Waals surface area contributed by atoms with Crippen LogP contribution in [0.2, 0.25) is 0 Å². The van der Waals surface area contributed by atoms with E-state index in [1.54, 1.807) is 0 Å². The lowest BCUT2D eigenvalue weighted by atomic mass is 10.0. The Bertz CT molecular complexity index is 156. The summed E-state index contributed by atoms with van der Waals surface area (Å²) >= 11 is 0. The Labute approximate surface area is 81.7 Å². The number of hydrogen-bond donors (Lipinski definition) is 2. The van der Waals surface area contributed by atoms with E-state index < -0.39 is 5.60 Å². The van der Waals surface area contributed by atoms with Crippen LogP contribution < -0.4 is 5.32 Å². The van der Waals surface area contributed by atoms with E-state index in [-0.39, 0.29) is 0 Å². The first kappa shape index (κ1) is 11.0. The van der Waals surface area contributed by atoms with Gasteiger partial charge < -0.3 is 10.4 Å². The molecule has 2 N–H and O–H groups in total. The Balaban J connectivity index is 2.02. The predicted molar refractivity (Wildman–Crippen MR) is 55.7 cm³/mol. The molecule has 0 bridgehead atoms. The van der Waals surface area contributed by atoms with Crippen LogP contribution in [0.3, 0.4) is 0 Å². The van der Waals surface area contributed by atoms with E-state index in [2.05, 4.69) is 12.2 Å². The summed E-state index contributed by atoms with van der Waals surface area (Å²) in [6.45, 7) is 8.07. The van der Waals surface area contributed by atoms with Crippen LogP contribution in [0.4, 0.5) is 0 Å². The average molecular weight is 185 g/mol. The van der Waals surface area contributed by atoms with Gasteiger partial charge in [0.25, 0.3) is 0 Å². The molecule has 0 aromatic rings. The molecule has 1 aliphatic rings. The molecule has 78 valence electrons. The van der Waals surface area contributed by atoms with Gasteiger partial charge in [-0.2, -0.15) is 0 Å². The Morgan fingerprint density at radius 3 is 2.38 bits per heavy atom. The van der Waals surface area contributed by atoms with Gasteiger partial charge in [0, 0.05) is 6.54 Å². The van der Waals surface area contributed by atoms with Crippen LogP contribution in [0.25, 0.3) is 0 Å². The van der Waals surface area contributed by atoms with Gasteiger partial charge in [-0.15, -0.1) is 0 Å². The summed E-state index contributed by atoms with van der Waals surface area (Å²) in [5.74, 6) is 0. The fourth-order valence-corrected chi connectivity index (χ4v) is 1.58. The Morgan fingerprint density at radius 2 is 2.00 bits per heavy atom. The molecule has 2 nitrogen and oxygen atoms in total. The summed E-state index contributed by atoms with van der Waals surface area (Å²) in [7, 11) is 0. The first-order chi connectivity index (χ1) is 5.97. The molecule has 1 fully saturated rings. The first-order valence-corrected chi connectivity index (χ1v) is 5.41. The molecule has 0 saturated heterocycles. The Morgan fingerprint density at radius 1 is 1.38 bits per heavy atom. The molecule has 13 heavy (non-hydrogen) atoms. The van der Waals surface area contributed by atoms with Crippen molar-refractivity contribution in [3.8, 4) is 0 Å². The number of nitrogens with one attached hydrogen (secondary N) is 1. The fraction of sp³-hybridized carbons (Fsp3) is 1.00.